The van der Waals surface area contributed by atoms with Crippen LogP contribution < -0.4 is 5.32 Å². The molecule has 3 rings (SSSR count). The molecule has 0 saturated heterocycles. The van der Waals surface area contributed by atoms with Crippen LogP contribution in [0.15, 0.2) is 66.9 Å². The number of hydrogen-bond acceptors (Lipinski definition) is 4. The Morgan fingerprint density at radius 1 is 0.957 bits per heavy atom. The van der Waals surface area contributed by atoms with E-state index in [4.69, 9.17) is 4.74 Å². The number of amides is 1. The van der Waals surface area contributed by atoms with E-state index in [2.05, 4.69) is 10.3 Å². The maximum absolute atomic E-state index is 12.0. The fourth-order valence-electron chi connectivity index (χ4n) is 2.21. The fraction of sp³-hybridized carbons (Fsp3) is 0.0556. The first-order chi connectivity index (χ1) is 11.2. The molecule has 1 heterocycles. The lowest BCUT2D eigenvalue weighted by atomic mass is 10.1. The monoisotopic (exact) mass is 306 g/mol. The zero-order valence-corrected chi connectivity index (χ0v) is 12.2. The van der Waals surface area contributed by atoms with E-state index in [0.29, 0.717) is 5.69 Å². The average Bonchev–Trinajstić information content (AvgIpc) is 2.61. The van der Waals surface area contributed by atoms with Gasteiger partial charge in [-0.15, -0.1) is 0 Å². The van der Waals surface area contributed by atoms with Crippen molar-refractivity contribution < 1.29 is 14.3 Å². The molecule has 1 N–H and O–H groups in total. The minimum Gasteiger partial charge on any atom is -0.451 e. The van der Waals surface area contributed by atoms with Crippen molar-refractivity contribution in [1.82, 2.24) is 4.98 Å². The largest absolute Gasteiger partial charge is 0.451 e. The van der Waals surface area contributed by atoms with Gasteiger partial charge in [0.2, 0.25) is 0 Å². The SMILES string of the molecule is O=C(COC(=O)c1ccccn1)Nc1cccc2ccccc12. The number of carbonyl (C=O) groups excluding carboxylic acids is 2. The Bertz CT molecular complexity index is 842. The van der Waals surface area contributed by atoms with E-state index in [1.165, 1.54) is 12.3 Å². The second kappa shape index (κ2) is 6.70. The van der Waals surface area contributed by atoms with Crippen molar-refractivity contribution in [2.75, 3.05) is 11.9 Å². The predicted molar refractivity (Wildman–Crippen MR) is 87.1 cm³/mol. The first-order valence-corrected chi connectivity index (χ1v) is 7.10. The molecule has 2 aromatic carbocycles. The molecular weight excluding hydrogens is 292 g/mol. The van der Waals surface area contributed by atoms with E-state index >= 15 is 0 Å². The van der Waals surface area contributed by atoms with Crippen LogP contribution in [0, 0.1) is 0 Å². The lowest BCUT2D eigenvalue weighted by Gasteiger charge is -2.09. The summed E-state index contributed by atoms with van der Waals surface area (Å²) in [6, 6.07) is 18.3. The van der Waals surface area contributed by atoms with Gasteiger partial charge in [0, 0.05) is 17.3 Å². The van der Waals surface area contributed by atoms with Crippen molar-refractivity contribution in [1.29, 1.82) is 0 Å². The molecule has 0 aliphatic rings. The van der Waals surface area contributed by atoms with Crippen LogP contribution >= 0.6 is 0 Å². The molecule has 1 amide bonds. The van der Waals surface area contributed by atoms with Crippen molar-refractivity contribution >= 4 is 28.3 Å². The molecule has 1 aromatic heterocycles. The van der Waals surface area contributed by atoms with Crippen molar-refractivity contribution in [2.45, 2.75) is 0 Å². The van der Waals surface area contributed by atoms with Crippen LogP contribution in [0.4, 0.5) is 5.69 Å². The molecule has 5 nitrogen and oxygen atoms in total. The van der Waals surface area contributed by atoms with Crippen LogP contribution in [0.3, 0.4) is 0 Å². The van der Waals surface area contributed by atoms with Crippen molar-refractivity contribution in [3.05, 3.63) is 72.6 Å². The van der Waals surface area contributed by atoms with Gasteiger partial charge in [-0.3, -0.25) is 4.79 Å². The summed E-state index contributed by atoms with van der Waals surface area (Å²) in [6.07, 6.45) is 1.49. The van der Waals surface area contributed by atoms with Crippen LogP contribution in [0.1, 0.15) is 10.5 Å². The highest BCUT2D eigenvalue weighted by atomic mass is 16.5. The first kappa shape index (κ1) is 14.7. The maximum atomic E-state index is 12.0. The Balaban J connectivity index is 1.64. The molecule has 114 valence electrons. The lowest BCUT2D eigenvalue weighted by molar-refractivity contribution is -0.119. The zero-order valence-electron chi connectivity index (χ0n) is 12.2. The van der Waals surface area contributed by atoms with E-state index in [-0.39, 0.29) is 12.3 Å². The molecule has 0 radical (unpaired) electrons. The number of hydrogen-bond donors (Lipinski definition) is 1. The van der Waals surface area contributed by atoms with Gasteiger partial charge in [0.25, 0.3) is 5.91 Å². The van der Waals surface area contributed by atoms with Gasteiger partial charge in [0.1, 0.15) is 5.69 Å². The Morgan fingerprint density at radius 2 is 1.74 bits per heavy atom. The van der Waals surface area contributed by atoms with E-state index in [1.54, 1.807) is 18.2 Å². The fourth-order valence-corrected chi connectivity index (χ4v) is 2.21. The maximum Gasteiger partial charge on any atom is 0.357 e. The summed E-state index contributed by atoms with van der Waals surface area (Å²) in [6.45, 7) is -0.362. The molecular formula is C18H14N2O3. The number of esters is 1. The predicted octanol–water partition coefficient (Wildman–Crippen LogP) is 3.03. The van der Waals surface area contributed by atoms with Crippen LogP contribution in [0.2, 0.25) is 0 Å². The highest BCUT2D eigenvalue weighted by Crippen LogP contribution is 2.22. The smallest absolute Gasteiger partial charge is 0.357 e. The number of nitrogens with one attached hydrogen (secondary N) is 1. The number of fused-ring (bicyclic) bond motifs is 1. The molecule has 0 aliphatic carbocycles. The molecule has 0 spiro atoms. The Hall–Kier alpha value is -3.21. The molecule has 0 saturated carbocycles. The van der Waals surface area contributed by atoms with Gasteiger partial charge in [0.15, 0.2) is 6.61 Å². The molecule has 5 heteroatoms. The number of nitrogens with zero attached hydrogens (tertiary/aromatic N) is 1. The van der Waals surface area contributed by atoms with Gasteiger partial charge in [-0.25, -0.2) is 9.78 Å². The van der Waals surface area contributed by atoms with Crippen molar-refractivity contribution in [2.24, 2.45) is 0 Å². The van der Waals surface area contributed by atoms with Gasteiger partial charge >= 0.3 is 5.97 Å². The summed E-state index contributed by atoms with van der Waals surface area (Å²) in [7, 11) is 0. The molecule has 0 unspecified atom stereocenters. The highest BCUT2D eigenvalue weighted by molar-refractivity contribution is 6.03. The van der Waals surface area contributed by atoms with Gasteiger partial charge in [-0.2, -0.15) is 0 Å². The van der Waals surface area contributed by atoms with E-state index in [1.807, 2.05) is 36.4 Å². The topological polar surface area (TPSA) is 68.3 Å². The number of aromatic nitrogens is 1. The van der Waals surface area contributed by atoms with Gasteiger partial charge in [0.05, 0.1) is 0 Å². The minimum absolute atomic E-state index is 0.172. The van der Waals surface area contributed by atoms with Crippen molar-refractivity contribution in [3.63, 3.8) is 0 Å². The van der Waals surface area contributed by atoms with Crippen LogP contribution in [0.5, 0.6) is 0 Å². The molecule has 0 atom stereocenters. The summed E-state index contributed by atoms with van der Waals surface area (Å²) in [5, 5.41) is 4.71. The molecule has 23 heavy (non-hydrogen) atoms. The Morgan fingerprint density at radius 3 is 2.57 bits per heavy atom. The first-order valence-electron chi connectivity index (χ1n) is 7.10. The van der Waals surface area contributed by atoms with Gasteiger partial charge in [-0.05, 0) is 23.6 Å². The summed E-state index contributed by atoms with van der Waals surface area (Å²) in [5.74, 6) is -1.02. The van der Waals surface area contributed by atoms with Gasteiger partial charge < -0.3 is 10.1 Å². The minimum atomic E-state index is -0.626. The third-order valence-electron chi connectivity index (χ3n) is 3.27. The third kappa shape index (κ3) is 3.52. The molecule has 3 aromatic rings. The number of anilines is 1. The highest BCUT2D eigenvalue weighted by Gasteiger charge is 2.11. The van der Waals surface area contributed by atoms with Crippen LogP contribution in [-0.4, -0.2) is 23.5 Å². The summed E-state index contributed by atoms with van der Waals surface area (Å²) in [5.41, 5.74) is 0.854. The second-order valence-electron chi connectivity index (χ2n) is 4.87. The summed E-state index contributed by atoms with van der Waals surface area (Å²) >= 11 is 0. The number of carbonyl (C=O) groups is 2. The van der Waals surface area contributed by atoms with Crippen LogP contribution in [0.25, 0.3) is 10.8 Å². The van der Waals surface area contributed by atoms with E-state index in [0.717, 1.165) is 10.8 Å². The number of rotatable bonds is 4. The number of benzene rings is 2. The summed E-state index contributed by atoms with van der Waals surface area (Å²) < 4.78 is 4.96. The molecule has 0 fully saturated rings. The van der Waals surface area contributed by atoms with Crippen molar-refractivity contribution in [3.8, 4) is 0 Å². The number of pyridine rings is 1. The van der Waals surface area contributed by atoms with E-state index in [9.17, 15) is 9.59 Å². The molecule has 0 aliphatic heterocycles. The standard InChI is InChI=1S/C18H14N2O3/c21-17(12-23-18(22)16-9-3-4-11-19-16)20-15-10-5-7-13-6-1-2-8-14(13)15/h1-11H,12H2,(H,20,21). The normalized spacial score (nSPS) is 10.3. The molecule has 0 bridgehead atoms. The second-order valence-corrected chi connectivity index (χ2v) is 4.87. The van der Waals surface area contributed by atoms with E-state index < -0.39 is 11.9 Å². The zero-order chi connectivity index (χ0) is 16.1. The third-order valence-corrected chi connectivity index (χ3v) is 3.27. The quantitative estimate of drug-likeness (QED) is 0.752. The lowest BCUT2D eigenvalue weighted by Crippen LogP contribution is -2.21. The summed E-state index contributed by atoms with van der Waals surface area (Å²) in [4.78, 5) is 27.6. The Labute approximate surface area is 132 Å². The number of ether oxygens (including phenoxy) is 1. The average molecular weight is 306 g/mol. The van der Waals surface area contributed by atoms with Gasteiger partial charge in [-0.1, -0.05) is 42.5 Å². The Kier molecular flexibility index (Phi) is 4.29. The van der Waals surface area contributed by atoms with Crippen LogP contribution in [-0.2, 0) is 9.53 Å².